The average molecular weight is 282 g/mol. The van der Waals surface area contributed by atoms with Crippen LogP contribution in [0.25, 0.3) is 0 Å². The first-order chi connectivity index (χ1) is 9.17. The first-order valence-corrected chi connectivity index (χ1v) is 7.93. The highest BCUT2D eigenvalue weighted by Gasteiger charge is 2.44. The van der Waals surface area contributed by atoms with Crippen LogP contribution in [0.4, 0.5) is 0 Å². The zero-order chi connectivity index (χ0) is 15.0. The molecule has 2 aliphatic carbocycles. The van der Waals surface area contributed by atoms with Gasteiger partial charge < -0.3 is 16.2 Å². The Morgan fingerprint density at radius 2 is 1.80 bits per heavy atom. The number of aliphatic hydroxyl groups is 1. The van der Waals surface area contributed by atoms with E-state index in [0.717, 1.165) is 44.9 Å². The summed E-state index contributed by atoms with van der Waals surface area (Å²) in [5.74, 6) is 0.0146. The normalized spacial score (nSPS) is 35.8. The quantitative estimate of drug-likeness (QED) is 0.740. The Labute approximate surface area is 122 Å². The molecule has 2 unspecified atom stereocenters. The van der Waals surface area contributed by atoms with Gasteiger partial charge in [-0.1, -0.05) is 20.3 Å². The van der Waals surface area contributed by atoms with Gasteiger partial charge in [0.25, 0.3) is 0 Å². The average Bonchev–Trinajstić information content (AvgIpc) is 2.73. The van der Waals surface area contributed by atoms with E-state index in [4.69, 9.17) is 5.73 Å². The minimum Gasteiger partial charge on any atom is -0.388 e. The smallest absolute Gasteiger partial charge is 0.227 e. The summed E-state index contributed by atoms with van der Waals surface area (Å²) in [7, 11) is 0. The topological polar surface area (TPSA) is 75.3 Å². The van der Waals surface area contributed by atoms with Crippen molar-refractivity contribution < 1.29 is 9.90 Å². The zero-order valence-electron chi connectivity index (χ0n) is 13.2. The predicted molar refractivity (Wildman–Crippen MR) is 80.1 cm³/mol. The molecule has 4 N–H and O–H groups in total. The summed E-state index contributed by atoms with van der Waals surface area (Å²) in [6, 6.07) is -0.0533. The van der Waals surface area contributed by atoms with Crippen LogP contribution in [-0.4, -0.2) is 29.2 Å². The molecule has 0 aromatic heterocycles. The number of nitrogens with two attached hydrogens (primary N) is 1. The Bertz CT molecular complexity index is 371. The summed E-state index contributed by atoms with van der Waals surface area (Å²) >= 11 is 0. The van der Waals surface area contributed by atoms with Gasteiger partial charge in [-0.25, -0.2) is 0 Å². The number of rotatable bonds is 3. The van der Waals surface area contributed by atoms with Gasteiger partial charge in [-0.15, -0.1) is 0 Å². The van der Waals surface area contributed by atoms with Gasteiger partial charge in [0, 0.05) is 12.6 Å². The molecule has 2 saturated carbocycles. The zero-order valence-corrected chi connectivity index (χ0v) is 13.2. The van der Waals surface area contributed by atoms with Gasteiger partial charge in [-0.2, -0.15) is 0 Å². The molecular weight excluding hydrogens is 252 g/mol. The lowest BCUT2D eigenvalue weighted by Crippen LogP contribution is -2.52. The summed E-state index contributed by atoms with van der Waals surface area (Å²) in [5.41, 5.74) is 5.20. The third-order valence-corrected chi connectivity index (χ3v) is 5.66. The van der Waals surface area contributed by atoms with Gasteiger partial charge in [0.05, 0.1) is 11.0 Å². The van der Waals surface area contributed by atoms with E-state index in [0.29, 0.717) is 12.0 Å². The number of nitrogens with one attached hydrogen (secondary N) is 1. The molecule has 0 aliphatic heterocycles. The molecule has 2 fully saturated rings. The third-order valence-electron chi connectivity index (χ3n) is 5.66. The van der Waals surface area contributed by atoms with Crippen LogP contribution >= 0.6 is 0 Å². The lowest BCUT2D eigenvalue weighted by Gasteiger charge is -2.41. The molecule has 0 radical (unpaired) electrons. The van der Waals surface area contributed by atoms with Crippen LogP contribution in [0.15, 0.2) is 0 Å². The van der Waals surface area contributed by atoms with Crippen LogP contribution in [0.1, 0.15) is 65.7 Å². The number of hydrogen-bond acceptors (Lipinski definition) is 3. The van der Waals surface area contributed by atoms with Crippen molar-refractivity contribution in [2.75, 3.05) is 6.54 Å². The van der Waals surface area contributed by atoms with Crippen LogP contribution in [0.5, 0.6) is 0 Å². The van der Waals surface area contributed by atoms with E-state index in [2.05, 4.69) is 19.2 Å². The highest BCUT2D eigenvalue weighted by atomic mass is 16.3. The van der Waals surface area contributed by atoms with Crippen LogP contribution < -0.4 is 11.1 Å². The fourth-order valence-electron chi connectivity index (χ4n) is 3.49. The second kappa shape index (κ2) is 5.30. The first-order valence-electron chi connectivity index (χ1n) is 7.93. The predicted octanol–water partition coefficient (Wildman–Crippen LogP) is 1.95. The maximum absolute atomic E-state index is 12.4. The maximum atomic E-state index is 12.4. The monoisotopic (exact) mass is 282 g/mol. The number of carbonyl (C=O) groups is 1. The van der Waals surface area contributed by atoms with Gasteiger partial charge in [-0.05, 0) is 50.9 Å². The number of hydrogen-bond donors (Lipinski definition) is 3. The highest BCUT2D eigenvalue weighted by molar-refractivity contribution is 5.83. The molecule has 0 aromatic carbocycles. The molecule has 0 saturated heterocycles. The lowest BCUT2D eigenvalue weighted by atomic mass is 9.71. The van der Waals surface area contributed by atoms with Gasteiger partial charge in [0.15, 0.2) is 0 Å². The molecule has 2 rings (SSSR count). The van der Waals surface area contributed by atoms with E-state index in [1.807, 2.05) is 6.92 Å². The molecule has 2 aliphatic rings. The van der Waals surface area contributed by atoms with Gasteiger partial charge in [-0.3, -0.25) is 4.79 Å². The van der Waals surface area contributed by atoms with Crippen molar-refractivity contribution in [1.82, 2.24) is 5.32 Å². The van der Waals surface area contributed by atoms with E-state index in [1.54, 1.807) is 0 Å². The number of amides is 1. The summed E-state index contributed by atoms with van der Waals surface area (Å²) < 4.78 is 0. The minimum absolute atomic E-state index is 0.0146. The molecule has 2 atom stereocenters. The van der Waals surface area contributed by atoms with Crippen molar-refractivity contribution in [2.45, 2.75) is 77.4 Å². The Kier molecular flexibility index (Phi) is 4.18. The minimum atomic E-state index is -0.732. The second-order valence-electron chi connectivity index (χ2n) is 7.99. The lowest BCUT2D eigenvalue weighted by molar-refractivity contribution is -0.132. The molecule has 0 heterocycles. The fraction of sp³-hybridized carbons (Fsp3) is 0.938. The molecule has 116 valence electrons. The molecule has 0 aromatic rings. The summed E-state index contributed by atoms with van der Waals surface area (Å²) in [6.07, 6.45) is 6.34. The largest absolute Gasteiger partial charge is 0.388 e. The van der Waals surface area contributed by atoms with Crippen molar-refractivity contribution in [3.63, 3.8) is 0 Å². The van der Waals surface area contributed by atoms with Gasteiger partial charge >= 0.3 is 0 Å². The van der Waals surface area contributed by atoms with Gasteiger partial charge in [0.1, 0.15) is 0 Å². The van der Waals surface area contributed by atoms with Crippen LogP contribution in [-0.2, 0) is 4.79 Å². The Morgan fingerprint density at radius 1 is 1.20 bits per heavy atom. The van der Waals surface area contributed by atoms with E-state index < -0.39 is 11.0 Å². The maximum Gasteiger partial charge on any atom is 0.227 e. The fourth-order valence-corrected chi connectivity index (χ4v) is 3.49. The molecule has 1 amide bonds. The second-order valence-corrected chi connectivity index (χ2v) is 7.99. The summed E-state index contributed by atoms with van der Waals surface area (Å²) in [6.45, 7) is 6.80. The SMILES string of the molecule is CC1(C)CCC(O)(CNC(=O)C2(C)CCCC2N)CC1. The third kappa shape index (κ3) is 3.17. The molecule has 0 spiro atoms. The van der Waals surface area contributed by atoms with Crippen LogP contribution in [0, 0.1) is 10.8 Å². The highest BCUT2D eigenvalue weighted by Crippen LogP contribution is 2.40. The standard InChI is InChI=1S/C16H30N2O2/c1-14(2)7-9-16(20,10-8-14)11-18-13(19)15(3)6-4-5-12(15)17/h12,20H,4-11,17H2,1-3H3,(H,18,19). The molecule has 0 bridgehead atoms. The molecule has 20 heavy (non-hydrogen) atoms. The Balaban J connectivity index is 1.87. The van der Waals surface area contributed by atoms with E-state index >= 15 is 0 Å². The summed E-state index contributed by atoms with van der Waals surface area (Å²) in [4.78, 5) is 12.4. The molecule has 4 heteroatoms. The van der Waals surface area contributed by atoms with Crippen LogP contribution in [0.3, 0.4) is 0 Å². The van der Waals surface area contributed by atoms with Crippen molar-refractivity contribution in [2.24, 2.45) is 16.6 Å². The van der Waals surface area contributed by atoms with Crippen molar-refractivity contribution in [3.8, 4) is 0 Å². The van der Waals surface area contributed by atoms with E-state index in [1.165, 1.54) is 0 Å². The summed E-state index contributed by atoms with van der Waals surface area (Å²) in [5, 5.41) is 13.6. The van der Waals surface area contributed by atoms with Crippen LogP contribution in [0.2, 0.25) is 0 Å². The number of carbonyl (C=O) groups excluding carboxylic acids is 1. The Morgan fingerprint density at radius 3 is 2.30 bits per heavy atom. The van der Waals surface area contributed by atoms with Crippen molar-refractivity contribution >= 4 is 5.91 Å². The van der Waals surface area contributed by atoms with E-state index in [9.17, 15) is 9.90 Å². The molecular formula is C16H30N2O2. The van der Waals surface area contributed by atoms with Crippen molar-refractivity contribution in [1.29, 1.82) is 0 Å². The molecule has 4 nitrogen and oxygen atoms in total. The van der Waals surface area contributed by atoms with Crippen molar-refractivity contribution in [3.05, 3.63) is 0 Å². The first kappa shape index (κ1) is 15.8. The van der Waals surface area contributed by atoms with E-state index in [-0.39, 0.29) is 11.9 Å². The van der Waals surface area contributed by atoms with Gasteiger partial charge in [0.2, 0.25) is 5.91 Å². The Hall–Kier alpha value is -0.610.